The SMILES string of the molecule is CCN(C(=O)CCSCCC(F)(F)F)/C(=C/N)C(=N)Cl. The summed E-state index contributed by atoms with van der Waals surface area (Å²) in [5.41, 5.74) is 5.40. The predicted octanol–water partition coefficient (Wildman–Crippen LogP) is 2.93. The second-order valence-corrected chi connectivity index (χ2v) is 5.33. The molecule has 0 unspecified atom stereocenters. The van der Waals surface area contributed by atoms with Gasteiger partial charge in [0.15, 0.2) is 0 Å². The molecule has 20 heavy (non-hydrogen) atoms. The number of halogens is 4. The molecule has 0 radical (unpaired) electrons. The van der Waals surface area contributed by atoms with Crippen molar-refractivity contribution in [1.29, 1.82) is 5.41 Å². The third-order valence-corrected chi connectivity index (χ3v) is 3.46. The first-order valence-electron chi connectivity index (χ1n) is 5.84. The van der Waals surface area contributed by atoms with E-state index < -0.39 is 12.6 Å². The molecule has 0 heterocycles. The molecule has 0 fully saturated rings. The van der Waals surface area contributed by atoms with Crippen LogP contribution in [0.25, 0.3) is 0 Å². The summed E-state index contributed by atoms with van der Waals surface area (Å²) in [5.74, 6) is -0.124. The summed E-state index contributed by atoms with van der Waals surface area (Å²) in [6.07, 6.45) is -3.91. The lowest BCUT2D eigenvalue weighted by atomic mass is 10.3. The molecule has 0 spiro atoms. The zero-order chi connectivity index (χ0) is 15.8. The third kappa shape index (κ3) is 7.64. The molecule has 116 valence electrons. The van der Waals surface area contributed by atoms with Crippen molar-refractivity contribution in [2.24, 2.45) is 5.73 Å². The number of thioether (sulfide) groups is 1. The van der Waals surface area contributed by atoms with Crippen LogP contribution in [0.3, 0.4) is 0 Å². The quantitative estimate of drug-likeness (QED) is 0.530. The molecule has 4 nitrogen and oxygen atoms in total. The van der Waals surface area contributed by atoms with Gasteiger partial charge in [0.2, 0.25) is 5.91 Å². The number of allylic oxidation sites excluding steroid dienone is 1. The lowest BCUT2D eigenvalue weighted by Gasteiger charge is -2.22. The Morgan fingerprint density at radius 1 is 1.45 bits per heavy atom. The van der Waals surface area contributed by atoms with Gasteiger partial charge in [-0.05, 0) is 6.92 Å². The average molecular weight is 332 g/mol. The fourth-order valence-electron chi connectivity index (χ4n) is 1.35. The van der Waals surface area contributed by atoms with E-state index >= 15 is 0 Å². The van der Waals surface area contributed by atoms with Crippen molar-refractivity contribution in [3.8, 4) is 0 Å². The summed E-state index contributed by atoms with van der Waals surface area (Å²) in [6, 6.07) is 0. The van der Waals surface area contributed by atoms with Crippen molar-refractivity contribution >= 4 is 34.4 Å². The molecule has 0 saturated heterocycles. The number of hydrogen-bond donors (Lipinski definition) is 2. The number of nitrogens with two attached hydrogens (primary N) is 1. The van der Waals surface area contributed by atoms with Crippen molar-refractivity contribution < 1.29 is 18.0 Å². The minimum absolute atomic E-state index is 0.0673. The van der Waals surface area contributed by atoms with E-state index in [1.54, 1.807) is 6.92 Å². The van der Waals surface area contributed by atoms with Gasteiger partial charge >= 0.3 is 6.18 Å². The fourth-order valence-corrected chi connectivity index (χ4v) is 2.41. The average Bonchev–Trinajstić information content (AvgIpc) is 2.33. The molecule has 0 bridgehead atoms. The Bertz CT molecular complexity index is 374. The Kier molecular flexibility index (Phi) is 8.71. The molecule has 0 aromatic carbocycles. The maximum Gasteiger partial charge on any atom is 0.389 e. The fraction of sp³-hybridized carbons (Fsp3) is 0.636. The van der Waals surface area contributed by atoms with E-state index in [0.717, 1.165) is 18.0 Å². The van der Waals surface area contributed by atoms with Gasteiger partial charge in [-0.2, -0.15) is 24.9 Å². The van der Waals surface area contributed by atoms with Gasteiger partial charge in [0.1, 0.15) is 5.17 Å². The number of nitrogens with zero attached hydrogens (tertiary/aromatic N) is 1. The van der Waals surface area contributed by atoms with Crippen LogP contribution in [0, 0.1) is 5.41 Å². The van der Waals surface area contributed by atoms with E-state index in [1.165, 1.54) is 4.90 Å². The van der Waals surface area contributed by atoms with Crippen LogP contribution in [-0.4, -0.2) is 40.2 Å². The number of carbonyl (C=O) groups excluding carboxylic acids is 1. The smallest absolute Gasteiger partial charge is 0.389 e. The van der Waals surface area contributed by atoms with Gasteiger partial charge in [-0.1, -0.05) is 11.6 Å². The minimum Gasteiger partial charge on any atom is -0.403 e. The number of carbonyl (C=O) groups is 1. The van der Waals surface area contributed by atoms with Gasteiger partial charge in [-0.15, -0.1) is 0 Å². The van der Waals surface area contributed by atoms with Gasteiger partial charge in [0.05, 0.1) is 12.1 Å². The van der Waals surface area contributed by atoms with Gasteiger partial charge < -0.3 is 10.6 Å². The summed E-state index contributed by atoms with van der Waals surface area (Å²) in [5, 5.41) is 6.93. The monoisotopic (exact) mass is 331 g/mol. The number of amides is 1. The van der Waals surface area contributed by atoms with E-state index in [0.29, 0.717) is 0 Å². The molecule has 0 aliphatic heterocycles. The van der Waals surface area contributed by atoms with E-state index in [9.17, 15) is 18.0 Å². The summed E-state index contributed by atoms with van der Waals surface area (Å²) in [6.45, 7) is 1.97. The molecule has 1 amide bonds. The minimum atomic E-state index is -4.17. The Balaban J connectivity index is 4.21. The Morgan fingerprint density at radius 2 is 2.05 bits per heavy atom. The highest BCUT2D eigenvalue weighted by Gasteiger charge is 2.26. The first-order valence-corrected chi connectivity index (χ1v) is 7.37. The van der Waals surface area contributed by atoms with Crippen LogP contribution in [0.4, 0.5) is 13.2 Å². The Morgan fingerprint density at radius 3 is 2.45 bits per heavy atom. The Hall–Kier alpha value is -0.890. The molecule has 0 aromatic heterocycles. The summed E-state index contributed by atoms with van der Waals surface area (Å²) < 4.78 is 35.8. The largest absolute Gasteiger partial charge is 0.403 e. The standard InChI is InChI=1S/C11H17ClF3N3OS/c1-2-18(8(7-16)10(12)17)9(19)3-5-20-6-4-11(13,14)15/h7,17H,2-6,16H2,1H3/b8-7+,17-10?. The lowest BCUT2D eigenvalue weighted by Crippen LogP contribution is -2.33. The zero-order valence-corrected chi connectivity index (χ0v) is 12.5. The first-order chi connectivity index (χ1) is 9.22. The highest BCUT2D eigenvalue weighted by molar-refractivity contribution is 7.99. The van der Waals surface area contributed by atoms with Crippen LogP contribution in [-0.2, 0) is 4.79 Å². The molecule has 0 atom stereocenters. The number of nitrogens with one attached hydrogen (secondary N) is 1. The number of rotatable bonds is 8. The summed E-state index contributed by atoms with van der Waals surface area (Å²) >= 11 is 6.57. The van der Waals surface area contributed by atoms with Crippen molar-refractivity contribution in [3.63, 3.8) is 0 Å². The van der Waals surface area contributed by atoms with Gasteiger partial charge in [0, 0.05) is 30.7 Å². The highest BCUT2D eigenvalue weighted by atomic mass is 35.5. The van der Waals surface area contributed by atoms with Crippen molar-refractivity contribution in [3.05, 3.63) is 11.9 Å². The lowest BCUT2D eigenvalue weighted by molar-refractivity contribution is -0.129. The van der Waals surface area contributed by atoms with Gasteiger partial charge in [0.25, 0.3) is 0 Å². The molecular weight excluding hydrogens is 315 g/mol. The normalized spacial score (nSPS) is 12.3. The molecule has 0 aliphatic rings. The zero-order valence-electron chi connectivity index (χ0n) is 11.0. The van der Waals surface area contributed by atoms with Crippen molar-refractivity contribution in [1.82, 2.24) is 4.90 Å². The highest BCUT2D eigenvalue weighted by Crippen LogP contribution is 2.22. The van der Waals surface area contributed by atoms with Gasteiger partial charge in [-0.25, -0.2) is 0 Å². The van der Waals surface area contributed by atoms with Crippen LogP contribution in [0.1, 0.15) is 19.8 Å². The molecular formula is C11H17ClF3N3OS. The van der Waals surface area contributed by atoms with Crippen LogP contribution >= 0.6 is 23.4 Å². The van der Waals surface area contributed by atoms with Crippen molar-refractivity contribution in [2.75, 3.05) is 18.1 Å². The van der Waals surface area contributed by atoms with Crippen LogP contribution in [0.15, 0.2) is 11.9 Å². The molecule has 0 aliphatic carbocycles. The molecule has 3 N–H and O–H groups in total. The number of hydrogen-bond acceptors (Lipinski definition) is 4. The van der Waals surface area contributed by atoms with Crippen LogP contribution in [0.5, 0.6) is 0 Å². The predicted molar refractivity (Wildman–Crippen MR) is 75.9 cm³/mol. The van der Waals surface area contributed by atoms with Crippen LogP contribution in [0.2, 0.25) is 0 Å². The first kappa shape index (κ1) is 19.1. The Labute approximate surface area is 125 Å². The maximum absolute atomic E-state index is 11.9. The molecule has 0 aromatic rings. The van der Waals surface area contributed by atoms with E-state index in [4.69, 9.17) is 22.7 Å². The summed E-state index contributed by atoms with van der Waals surface area (Å²) in [7, 11) is 0. The topological polar surface area (TPSA) is 70.2 Å². The van der Waals surface area contributed by atoms with Crippen LogP contribution < -0.4 is 5.73 Å². The van der Waals surface area contributed by atoms with E-state index in [1.807, 2.05) is 0 Å². The van der Waals surface area contributed by atoms with E-state index in [-0.39, 0.29) is 41.2 Å². The van der Waals surface area contributed by atoms with Gasteiger partial charge in [-0.3, -0.25) is 10.2 Å². The second-order valence-electron chi connectivity index (χ2n) is 3.73. The van der Waals surface area contributed by atoms with Crippen molar-refractivity contribution in [2.45, 2.75) is 25.9 Å². The maximum atomic E-state index is 11.9. The molecule has 0 rings (SSSR count). The second kappa shape index (κ2) is 9.12. The number of alkyl halides is 3. The molecule has 0 saturated carbocycles. The third-order valence-electron chi connectivity index (χ3n) is 2.28. The van der Waals surface area contributed by atoms with E-state index in [2.05, 4.69) is 0 Å². The molecule has 9 heteroatoms. The summed E-state index contributed by atoms with van der Waals surface area (Å²) in [4.78, 5) is 13.1.